The van der Waals surface area contributed by atoms with Crippen LogP contribution >= 0.6 is 24.0 Å². The van der Waals surface area contributed by atoms with Gasteiger partial charge in [0.15, 0.2) is 5.96 Å². The molecule has 1 heterocycles. The molecule has 2 N–H and O–H groups in total. The average Bonchev–Trinajstić information content (AvgIpc) is 2.55. The third kappa shape index (κ3) is 12.9. The minimum atomic E-state index is 0. The Morgan fingerprint density at radius 1 is 1.13 bits per heavy atom. The van der Waals surface area contributed by atoms with E-state index in [2.05, 4.69) is 34.4 Å². The number of ether oxygens (including phenoxy) is 2. The van der Waals surface area contributed by atoms with Crippen molar-refractivity contribution in [2.45, 2.75) is 33.1 Å². The molecule has 1 fully saturated rings. The Labute approximate surface area is 158 Å². The lowest BCUT2D eigenvalue weighted by Gasteiger charge is -2.26. The van der Waals surface area contributed by atoms with Gasteiger partial charge in [0, 0.05) is 52.5 Å². The molecule has 0 aliphatic carbocycles. The van der Waals surface area contributed by atoms with Crippen LogP contribution in [0, 0.1) is 0 Å². The monoisotopic (exact) mass is 442 g/mol. The third-order valence-electron chi connectivity index (χ3n) is 3.53. The number of aliphatic imine (C=N–C) groups is 1. The summed E-state index contributed by atoms with van der Waals surface area (Å²) in [7, 11) is 0. The molecule has 0 unspecified atom stereocenters. The zero-order valence-corrected chi connectivity index (χ0v) is 17.1. The fourth-order valence-corrected chi connectivity index (χ4v) is 2.20. The van der Waals surface area contributed by atoms with Crippen LogP contribution in [0.25, 0.3) is 0 Å². The van der Waals surface area contributed by atoms with E-state index in [1.54, 1.807) is 0 Å². The van der Waals surface area contributed by atoms with Crippen LogP contribution in [-0.2, 0) is 9.47 Å². The Kier molecular flexibility index (Phi) is 16.6. The summed E-state index contributed by atoms with van der Waals surface area (Å²) in [5, 5.41) is 6.68. The van der Waals surface area contributed by atoms with E-state index < -0.39 is 0 Å². The quantitative estimate of drug-likeness (QED) is 0.221. The van der Waals surface area contributed by atoms with Gasteiger partial charge in [-0.2, -0.15) is 0 Å². The van der Waals surface area contributed by atoms with Gasteiger partial charge in [0.1, 0.15) is 0 Å². The van der Waals surface area contributed by atoms with Crippen molar-refractivity contribution in [1.29, 1.82) is 0 Å². The molecule has 0 saturated carbocycles. The first-order valence-electron chi connectivity index (χ1n) is 8.76. The first-order valence-corrected chi connectivity index (χ1v) is 8.76. The predicted octanol–water partition coefficient (Wildman–Crippen LogP) is 1.70. The second-order valence-electron chi connectivity index (χ2n) is 5.46. The van der Waals surface area contributed by atoms with Gasteiger partial charge >= 0.3 is 0 Å². The minimum Gasteiger partial charge on any atom is -0.381 e. The summed E-state index contributed by atoms with van der Waals surface area (Å²) < 4.78 is 10.9. The zero-order valence-electron chi connectivity index (χ0n) is 14.8. The van der Waals surface area contributed by atoms with Crippen molar-refractivity contribution in [3.05, 3.63) is 0 Å². The van der Waals surface area contributed by atoms with Gasteiger partial charge in [-0.25, -0.2) is 0 Å². The lowest BCUT2D eigenvalue weighted by Crippen LogP contribution is -2.44. The number of morpholine rings is 1. The summed E-state index contributed by atoms with van der Waals surface area (Å²) >= 11 is 0. The molecule has 0 radical (unpaired) electrons. The standard InChI is InChI=1S/C16H34N4O2.HI/c1-3-5-12-21-13-6-7-18-16(17-4-2)19-8-9-20-10-14-22-15-11-20;/h3-15H2,1-2H3,(H2,17,18,19);1H. The SMILES string of the molecule is CCCCOCCCN=C(NCC)NCCN1CCOCC1.I. The van der Waals surface area contributed by atoms with Crippen molar-refractivity contribution >= 4 is 29.9 Å². The van der Waals surface area contributed by atoms with Crippen molar-refractivity contribution < 1.29 is 9.47 Å². The Hall–Kier alpha value is -0.120. The van der Waals surface area contributed by atoms with E-state index in [1.807, 2.05) is 0 Å². The van der Waals surface area contributed by atoms with Gasteiger partial charge in [0.2, 0.25) is 0 Å². The number of nitrogens with one attached hydrogen (secondary N) is 2. The molecule has 0 amide bonds. The molecule has 0 aromatic carbocycles. The summed E-state index contributed by atoms with van der Waals surface area (Å²) in [6, 6.07) is 0. The molecule has 1 aliphatic rings. The fraction of sp³-hybridized carbons (Fsp3) is 0.938. The van der Waals surface area contributed by atoms with Crippen molar-refractivity contribution in [3.8, 4) is 0 Å². The molecule has 138 valence electrons. The van der Waals surface area contributed by atoms with Crippen LogP contribution in [0.1, 0.15) is 33.1 Å². The Balaban J connectivity index is 0.00000484. The van der Waals surface area contributed by atoms with Gasteiger partial charge in [0.05, 0.1) is 13.2 Å². The van der Waals surface area contributed by atoms with Crippen LogP contribution in [0.2, 0.25) is 0 Å². The highest BCUT2D eigenvalue weighted by atomic mass is 127. The van der Waals surface area contributed by atoms with Crippen molar-refractivity contribution in [2.75, 3.05) is 65.7 Å². The van der Waals surface area contributed by atoms with Crippen LogP contribution in [0.15, 0.2) is 4.99 Å². The number of hydrogen-bond acceptors (Lipinski definition) is 4. The van der Waals surface area contributed by atoms with Crippen molar-refractivity contribution in [3.63, 3.8) is 0 Å². The van der Waals surface area contributed by atoms with Crippen LogP contribution in [0.3, 0.4) is 0 Å². The first kappa shape index (κ1) is 22.9. The first-order chi connectivity index (χ1) is 10.9. The summed E-state index contributed by atoms with van der Waals surface area (Å²) in [5.41, 5.74) is 0. The molecule has 0 spiro atoms. The number of unbranched alkanes of at least 4 members (excludes halogenated alkanes) is 1. The predicted molar refractivity (Wildman–Crippen MR) is 107 cm³/mol. The lowest BCUT2D eigenvalue weighted by atomic mass is 10.4. The smallest absolute Gasteiger partial charge is 0.191 e. The third-order valence-corrected chi connectivity index (χ3v) is 3.53. The average molecular weight is 442 g/mol. The van der Waals surface area contributed by atoms with E-state index in [1.165, 1.54) is 6.42 Å². The fourth-order valence-electron chi connectivity index (χ4n) is 2.20. The van der Waals surface area contributed by atoms with E-state index >= 15 is 0 Å². The van der Waals surface area contributed by atoms with Gasteiger partial charge in [-0.1, -0.05) is 13.3 Å². The van der Waals surface area contributed by atoms with Gasteiger partial charge in [0.25, 0.3) is 0 Å². The number of guanidine groups is 1. The lowest BCUT2D eigenvalue weighted by molar-refractivity contribution is 0.0389. The van der Waals surface area contributed by atoms with E-state index in [4.69, 9.17) is 9.47 Å². The molecule has 1 aliphatic heterocycles. The second-order valence-corrected chi connectivity index (χ2v) is 5.46. The zero-order chi connectivity index (χ0) is 15.9. The summed E-state index contributed by atoms with van der Waals surface area (Å²) in [6.45, 7) is 13.4. The second kappa shape index (κ2) is 16.7. The van der Waals surface area contributed by atoms with E-state index in [9.17, 15) is 0 Å². The molecule has 0 aromatic rings. The molecule has 0 bridgehead atoms. The maximum atomic E-state index is 5.55. The Bertz CT molecular complexity index is 287. The van der Waals surface area contributed by atoms with Gasteiger partial charge in [-0.05, 0) is 19.8 Å². The topological polar surface area (TPSA) is 58.1 Å². The van der Waals surface area contributed by atoms with Gasteiger partial charge in [-0.3, -0.25) is 9.89 Å². The van der Waals surface area contributed by atoms with Crippen molar-refractivity contribution in [2.24, 2.45) is 4.99 Å². The molecule has 6 nitrogen and oxygen atoms in total. The molecule has 0 atom stereocenters. The highest BCUT2D eigenvalue weighted by molar-refractivity contribution is 14.0. The molecule has 1 rings (SSSR count). The maximum Gasteiger partial charge on any atom is 0.191 e. The largest absolute Gasteiger partial charge is 0.381 e. The summed E-state index contributed by atoms with van der Waals surface area (Å²) in [6.07, 6.45) is 3.31. The Morgan fingerprint density at radius 3 is 2.57 bits per heavy atom. The van der Waals surface area contributed by atoms with E-state index in [0.717, 1.165) is 84.5 Å². The normalized spacial score (nSPS) is 16.0. The maximum absolute atomic E-state index is 5.55. The highest BCUT2D eigenvalue weighted by Crippen LogP contribution is 1.95. The minimum absolute atomic E-state index is 0. The number of hydrogen-bond donors (Lipinski definition) is 2. The molecular weight excluding hydrogens is 407 g/mol. The molecule has 7 heteroatoms. The number of nitrogens with zero attached hydrogens (tertiary/aromatic N) is 2. The molecule has 0 aromatic heterocycles. The Morgan fingerprint density at radius 2 is 1.87 bits per heavy atom. The van der Waals surface area contributed by atoms with E-state index in [0.29, 0.717) is 0 Å². The van der Waals surface area contributed by atoms with Crippen LogP contribution in [-0.4, -0.2) is 76.6 Å². The van der Waals surface area contributed by atoms with Gasteiger partial charge < -0.3 is 20.1 Å². The van der Waals surface area contributed by atoms with Crippen LogP contribution < -0.4 is 10.6 Å². The van der Waals surface area contributed by atoms with Crippen LogP contribution in [0.5, 0.6) is 0 Å². The van der Waals surface area contributed by atoms with Crippen molar-refractivity contribution in [1.82, 2.24) is 15.5 Å². The molecule has 23 heavy (non-hydrogen) atoms. The molecule has 1 saturated heterocycles. The molecular formula is C16H35IN4O2. The highest BCUT2D eigenvalue weighted by Gasteiger charge is 2.09. The summed E-state index contributed by atoms with van der Waals surface area (Å²) in [5.74, 6) is 0.907. The van der Waals surface area contributed by atoms with Gasteiger partial charge in [-0.15, -0.1) is 24.0 Å². The number of rotatable bonds is 11. The van der Waals surface area contributed by atoms with Crippen LogP contribution in [0.4, 0.5) is 0 Å². The number of halogens is 1. The van der Waals surface area contributed by atoms with E-state index in [-0.39, 0.29) is 24.0 Å². The summed E-state index contributed by atoms with van der Waals surface area (Å²) in [4.78, 5) is 7.00.